The lowest BCUT2D eigenvalue weighted by atomic mass is 9.99. The van der Waals surface area contributed by atoms with E-state index in [1.807, 2.05) is 23.1 Å². The molecule has 2 aliphatic heterocycles. The lowest BCUT2D eigenvalue weighted by molar-refractivity contribution is -0.128. The molecule has 0 saturated carbocycles. The Morgan fingerprint density at radius 1 is 1.18 bits per heavy atom. The van der Waals surface area contributed by atoms with Gasteiger partial charge >= 0.3 is 0 Å². The number of rotatable bonds is 4. The van der Waals surface area contributed by atoms with E-state index in [9.17, 15) is 4.79 Å². The number of thioether (sulfide) groups is 1. The minimum Gasteiger partial charge on any atom is -0.497 e. The van der Waals surface area contributed by atoms with Crippen molar-refractivity contribution >= 4 is 39.9 Å². The molecule has 2 heterocycles. The van der Waals surface area contributed by atoms with Crippen LogP contribution < -0.4 is 9.64 Å². The number of piperazine rings is 1. The van der Waals surface area contributed by atoms with Gasteiger partial charge in [-0.25, -0.2) is 0 Å². The second-order valence-electron chi connectivity index (χ2n) is 7.66. The number of piperidine rings is 1. The SMILES string of the molecule is COc1cccc(N2CCN(C(=O)CSC(=S)N3[C@@H](C)CCC[C@@H]3C)CC2)c1. The van der Waals surface area contributed by atoms with Crippen molar-refractivity contribution in [3.05, 3.63) is 24.3 Å². The fourth-order valence-corrected chi connectivity index (χ4v) is 5.57. The highest BCUT2D eigenvalue weighted by atomic mass is 32.2. The highest BCUT2D eigenvalue weighted by Gasteiger charge is 2.28. The number of benzene rings is 1. The van der Waals surface area contributed by atoms with Gasteiger partial charge in [0.2, 0.25) is 5.91 Å². The zero-order valence-electron chi connectivity index (χ0n) is 17.1. The lowest BCUT2D eigenvalue weighted by Gasteiger charge is -2.40. The topological polar surface area (TPSA) is 36.0 Å². The summed E-state index contributed by atoms with van der Waals surface area (Å²) < 4.78 is 6.19. The number of anilines is 1. The predicted octanol–water partition coefficient (Wildman–Crippen LogP) is 3.62. The number of amides is 1. The van der Waals surface area contributed by atoms with E-state index in [1.165, 1.54) is 31.0 Å². The van der Waals surface area contributed by atoms with Crippen molar-refractivity contribution in [3.63, 3.8) is 0 Å². The molecule has 0 unspecified atom stereocenters. The number of methoxy groups -OCH3 is 1. The van der Waals surface area contributed by atoms with Gasteiger partial charge in [-0.3, -0.25) is 4.79 Å². The number of hydrogen-bond acceptors (Lipinski definition) is 5. The second-order valence-corrected chi connectivity index (χ2v) is 9.27. The van der Waals surface area contributed by atoms with E-state index < -0.39 is 0 Å². The first-order chi connectivity index (χ1) is 13.5. The Morgan fingerprint density at radius 2 is 1.86 bits per heavy atom. The van der Waals surface area contributed by atoms with Crippen LogP contribution in [0.1, 0.15) is 33.1 Å². The third-order valence-corrected chi connectivity index (χ3v) is 7.19. The normalized spacial score (nSPS) is 22.9. The molecule has 0 radical (unpaired) electrons. The molecule has 0 aliphatic carbocycles. The van der Waals surface area contributed by atoms with Crippen LogP contribution in [0.2, 0.25) is 0 Å². The fourth-order valence-electron chi connectivity index (χ4n) is 4.09. The maximum atomic E-state index is 12.7. The first kappa shape index (κ1) is 21.2. The lowest BCUT2D eigenvalue weighted by Crippen LogP contribution is -2.50. The van der Waals surface area contributed by atoms with E-state index in [0.29, 0.717) is 17.8 Å². The molecule has 0 spiro atoms. The third-order valence-electron chi connectivity index (χ3n) is 5.77. The zero-order valence-corrected chi connectivity index (χ0v) is 18.7. The van der Waals surface area contributed by atoms with E-state index in [0.717, 1.165) is 41.9 Å². The summed E-state index contributed by atoms with van der Waals surface area (Å²) in [7, 11) is 1.68. The van der Waals surface area contributed by atoms with E-state index in [4.69, 9.17) is 17.0 Å². The van der Waals surface area contributed by atoms with Gasteiger partial charge in [-0.05, 0) is 45.2 Å². The molecule has 2 saturated heterocycles. The van der Waals surface area contributed by atoms with E-state index in [2.05, 4.69) is 29.7 Å². The standard InChI is InChI=1S/C21H31N3O2S2/c1-16-6-4-7-17(2)24(16)21(27)28-15-20(25)23-12-10-22(11-13-23)18-8-5-9-19(14-18)26-3/h5,8-9,14,16-17H,4,6-7,10-13,15H2,1-3H3/t16-,17-/m0/s1. The third kappa shape index (κ3) is 5.11. The summed E-state index contributed by atoms with van der Waals surface area (Å²) in [5, 5.41) is 0. The average molecular weight is 422 g/mol. The van der Waals surface area contributed by atoms with Gasteiger partial charge in [0.1, 0.15) is 10.1 Å². The van der Waals surface area contributed by atoms with Gasteiger partial charge in [-0.1, -0.05) is 30.0 Å². The van der Waals surface area contributed by atoms with Gasteiger partial charge < -0.3 is 19.4 Å². The summed E-state index contributed by atoms with van der Waals surface area (Å²) in [6.45, 7) is 7.66. The Morgan fingerprint density at radius 3 is 2.50 bits per heavy atom. The molecule has 2 atom stereocenters. The summed E-state index contributed by atoms with van der Waals surface area (Å²) >= 11 is 7.18. The van der Waals surface area contributed by atoms with E-state index in [-0.39, 0.29) is 5.91 Å². The van der Waals surface area contributed by atoms with Gasteiger partial charge in [0.15, 0.2) is 0 Å². The second kappa shape index (κ2) is 9.83. The minimum atomic E-state index is 0.190. The van der Waals surface area contributed by atoms with Gasteiger partial charge in [-0.2, -0.15) is 0 Å². The Hall–Kier alpha value is -1.47. The van der Waals surface area contributed by atoms with Crippen LogP contribution in [0.4, 0.5) is 5.69 Å². The predicted molar refractivity (Wildman–Crippen MR) is 121 cm³/mol. The molecule has 1 aromatic carbocycles. The Kier molecular flexibility index (Phi) is 7.46. The molecule has 0 bridgehead atoms. The molecular formula is C21H31N3O2S2. The molecule has 2 fully saturated rings. The van der Waals surface area contributed by atoms with E-state index >= 15 is 0 Å². The summed E-state index contributed by atoms with van der Waals surface area (Å²) in [6.07, 6.45) is 3.64. The largest absolute Gasteiger partial charge is 0.497 e. The molecule has 2 aliphatic rings. The molecule has 28 heavy (non-hydrogen) atoms. The molecule has 154 valence electrons. The molecular weight excluding hydrogens is 390 g/mol. The van der Waals surface area contributed by atoms with Crippen molar-refractivity contribution in [2.24, 2.45) is 0 Å². The van der Waals surface area contributed by atoms with Crippen LogP contribution in [0.15, 0.2) is 24.3 Å². The van der Waals surface area contributed by atoms with Crippen LogP contribution in [0, 0.1) is 0 Å². The van der Waals surface area contributed by atoms with Gasteiger partial charge in [0, 0.05) is 50.0 Å². The first-order valence-corrected chi connectivity index (χ1v) is 11.5. The summed E-state index contributed by atoms with van der Waals surface area (Å²) in [4.78, 5) is 19.3. The Labute approximate surface area is 178 Å². The van der Waals surface area contributed by atoms with Gasteiger partial charge in [0.25, 0.3) is 0 Å². The maximum Gasteiger partial charge on any atom is 0.233 e. The number of thiocarbonyl (C=S) groups is 1. The first-order valence-electron chi connectivity index (χ1n) is 10.1. The van der Waals surface area contributed by atoms with Crippen LogP contribution in [-0.4, -0.2) is 71.2 Å². The molecule has 5 nitrogen and oxygen atoms in total. The molecule has 7 heteroatoms. The molecule has 0 N–H and O–H groups in total. The van der Waals surface area contributed by atoms with Crippen molar-refractivity contribution < 1.29 is 9.53 Å². The number of likely N-dealkylation sites (tertiary alicyclic amines) is 1. The Bertz CT molecular complexity index is 682. The fraction of sp³-hybridized carbons (Fsp3) is 0.619. The zero-order chi connectivity index (χ0) is 20.1. The van der Waals surface area contributed by atoms with Crippen molar-refractivity contribution in [2.45, 2.75) is 45.2 Å². The average Bonchev–Trinajstić information content (AvgIpc) is 2.72. The number of ether oxygens (including phenoxy) is 1. The van der Waals surface area contributed by atoms with Crippen molar-refractivity contribution in [2.75, 3.05) is 43.9 Å². The van der Waals surface area contributed by atoms with Crippen LogP contribution in [0.3, 0.4) is 0 Å². The van der Waals surface area contributed by atoms with Crippen molar-refractivity contribution in [3.8, 4) is 5.75 Å². The highest BCUT2D eigenvalue weighted by molar-refractivity contribution is 8.23. The number of carbonyl (C=O) groups excluding carboxylic acids is 1. The van der Waals surface area contributed by atoms with Crippen molar-refractivity contribution in [1.82, 2.24) is 9.80 Å². The van der Waals surface area contributed by atoms with Crippen LogP contribution >= 0.6 is 24.0 Å². The quantitative estimate of drug-likeness (QED) is 0.691. The van der Waals surface area contributed by atoms with Crippen molar-refractivity contribution in [1.29, 1.82) is 0 Å². The molecule has 1 aromatic rings. The maximum absolute atomic E-state index is 12.7. The Balaban J connectivity index is 1.46. The van der Waals surface area contributed by atoms with Crippen LogP contribution in [0.25, 0.3) is 0 Å². The molecule has 0 aromatic heterocycles. The van der Waals surface area contributed by atoms with Gasteiger partial charge in [0.05, 0.1) is 12.9 Å². The number of hydrogen-bond donors (Lipinski definition) is 0. The molecule has 3 rings (SSSR count). The number of nitrogens with zero attached hydrogens (tertiary/aromatic N) is 3. The minimum absolute atomic E-state index is 0.190. The summed E-state index contributed by atoms with van der Waals surface area (Å²) in [5.74, 6) is 1.49. The van der Waals surface area contributed by atoms with Crippen LogP contribution in [-0.2, 0) is 4.79 Å². The van der Waals surface area contributed by atoms with Gasteiger partial charge in [-0.15, -0.1) is 0 Å². The smallest absolute Gasteiger partial charge is 0.233 e. The monoisotopic (exact) mass is 421 g/mol. The summed E-state index contributed by atoms with van der Waals surface area (Å²) in [6, 6.07) is 9.05. The van der Waals surface area contributed by atoms with E-state index in [1.54, 1.807) is 7.11 Å². The number of carbonyl (C=O) groups is 1. The highest BCUT2D eigenvalue weighted by Crippen LogP contribution is 2.27. The van der Waals surface area contributed by atoms with Crippen LogP contribution in [0.5, 0.6) is 5.75 Å². The summed E-state index contributed by atoms with van der Waals surface area (Å²) in [5.41, 5.74) is 1.15. The molecule has 1 amide bonds.